The number of hydrogen-bond donors (Lipinski definition) is 2. The Hall–Kier alpha value is -1.06. The third-order valence-corrected chi connectivity index (χ3v) is 4.30. The second-order valence-corrected chi connectivity index (χ2v) is 5.78. The number of halogens is 1. The van der Waals surface area contributed by atoms with Crippen LogP contribution in [0.15, 0.2) is 18.2 Å². The Bertz CT molecular complexity index is 467. The molecule has 0 radical (unpaired) electrons. The first-order chi connectivity index (χ1) is 9.02. The highest BCUT2D eigenvalue weighted by Crippen LogP contribution is 2.27. The van der Waals surface area contributed by atoms with Crippen molar-refractivity contribution in [2.45, 2.75) is 44.6 Å². The van der Waals surface area contributed by atoms with Gasteiger partial charge in [0.1, 0.15) is 0 Å². The van der Waals surface area contributed by atoms with Gasteiger partial charge in [-0.1, -0.05) is 43.0 Å². The van der Waals surface area contributed by atoms with Gasteiger partial charge in [0, 0.05) is 6.54 Å². The maximum atomic E-state index is 12.1. The zero-order chi connectivity index (χ0) is 13.9. The van der Waals surface area contributed by atoms with Gasteiger partial charge in [-0.15, -0.1) is 0 Å². The van der Waals surface area contributed by atoms with Crippen LogP contribution >= 0.6 is 11.6 Å². The van der Waals surface area contributed by atoms with Crippen LogP contribution in [0.3, 0.4) is 0 Å². The summed E-state index contributed by atoms with van der Waals surface area (Å²) in [6.45, 7) is 2.17. The van der Waals surface area contributed by atoms with Crippen LogP contribution in [0.1, 0.15) is 48.0 Å². The molecule has 0 saturated heterocycles. The number of amides is 1. The Kier molecular flexibility index (Phi) is 4.48. The van der Waals surface area contributed by atoms with Gasteiger partial charge in [0.05, 0.1) is 16.2 Å². The minimum atomic E-state index is -0.746. The van der Waals surface area contributed by atoms with Gasteiger partial charge in [0.15, 0.2) is 0 Å². The molecule has 1 aromatic carbocycles. The quantitative estimate of drug-likeness (QED) is 0.894. The zero-order valence-electron chi connectivity index (χ0n) is 11.2. The predicted octanol–water partition coefficient (Wildman–Crippen LogP) is 3.07. The van der Waals surface area contributed by atoms with E-state index in [1.165, 1.54) is 6.42 Å². The third-order valence-electron chi connectivity index (χ3n) is 3.80. The fraction of sp³-hybridized carbons (Fsp3) is 0.533. The van der Waals surface area contributed by atoms with Crippen LogP contribution in [0.25, 0.3) is 0 Å². The Labute approximate surface area is 119 Å². The SMILES string of the molecule is Cc1cccc(C(=O)NCC2(O)CCCCC2)c1Cl. The topological polar surface area (TPSA) is 49.3 Å². The first kappa shape index (κ1) is 14.4. The molecule has 0 bridgehead atoms. The van der Waals surface area contributed by atoms with Gasteiger partial charge >= 0.3 is 0 Å². The molecular weight excluding hydrogens is 262 g/mol. The van der Waals surface area contributed by atoms with E-state index in [0.29, 0.717) is 17.1 Å². The number of hydrogen-bond acceptors (Lipinski definition) is 2. The molecule has 2 rings (SSSR count). The molecule has 1 fully saturated rings. The summed E-state index contributed by atoms with van der Waals surface area (Å²) < 4.78 is 0. The van der Waals surface area contributed by atoms with Crippen molar-refractivity contribution in [3.63, 3.8) is 0 Å². The first-order valence-corrected chi connectivity index (χ1v) is 7.15. The van der Waals surface area contributed by atoms with E-state index in [-0.39, 0.29) is 5.91 Å². The molecule has 0 unspecified atom stereocenters. The van der Waals surface area contributed by atoms with E-state index in [9.17, 15) is 9.90 Å². The van der Waals surface area contributed by atoms with Crippen molar-refractivity contribution in [1.29, 1.82) is 0 Å². The monoisotopic (exact) mass is 281 g/mol. The van der Waals surface area contributed by atoms with E-state index in [1.807, 2.05) is 19.1 Å². The van der Waals surface area contributed by atoms with Crippen LogP contribution in [0.2, 0.25) is 5.02 Å². The van der Waals surface area contributed by atoms with Crippen molar-refractivity contribution in [1.82, 2.24) is 5.32 Å². The second kappa shape index (κ2) is 5.93. The molecule has 0 aliphatic heterocycles. The second-order valence-electron chi connectivity index (χ2n) is 5.40. The molecule has 1 aliphatic rings. The number of nitrogens with one attached hydrogen (secondary N) is 1. The van der Waals surface area contributed by atoms with Gasteiger partial charge < -0.3 is 10.4 Å². The average molecular weight is 282 g/mol. The smallest absolute Gasteiger partial charge is 0.252 e. The van der Waals surface area contributed by atoms with Crippen LogP contribution in [-0.2, 0) is 0 Å². The van der Waals surface area contributed by atoms with Crippen molar-refractivity contribution in [2.75, 3.05) is 6.54 Å². The van der Waals surface area contributed by atoms with Gasteiger partial charge in [-0.2, -0.15) is 0 Å². The number of rotatable bonds is 3. The van der Waals surface area contributed by atoms with Crippen LogP contribution in [0.5, 0.6) is 0 Å². The van der Waals surface area contributed by atoms with Gasteiger partial charge in [0.25, 0.3) is 5.91 Å². The van der Waals surface area contributed by atoms with E-state index in [4.69, 9.17) is 11.6 Å². The normalized spacial score (nSPS) is 18.1. The Balaban J connectivity index is 1.99. The van der Waals surface area contributed by atoms with Gasteiger partial charge in [-0.05, 0) is 31.4 Å². The summed E-state index contributed by atoms with van der Waals surface area (Å²) in [7, 11) is 0. The summed E-state index contributed by atoms with van der Waals surface area (Å²) in [6, 6.07) is 5.38. The summed E-state index contributed by atoms with van der Waals surface area (Å²) >= 11 is 6.12. The lowest BCUT2D eigenvalue weighted by Gasteiger charge is -2.32. The summed E-state index contributed by atoms with van der Waals surface area (Å²) in [5.74, 6) is -0.215. The van der Waals surface area contributed by atoms with Crippen molar-refractivity contribution in [2.24, 2.45) is 0 Å². The fourth-order valence-electron chi connectivity index (χ4n) is 2.55. The number of carbonyl (C=O) groups is 1. The number of aliphatic hydroxyl groups is 1. The molecule has 1 aliphatic carbocycles. The Morgan fingerprint density at radius 1 is 1.37 bits per heavy atom. The highest BCUT2D eigenvalue weighted by atomic mass is 35.5. The van der Waals surface area contributed by atoms with Gasteiger partial charge in [-0.25, -0.2) is 0 Å². The van der Waals surface area contributed by atoms with Crippen molar-refractivity contribution in [3.8, 4) is 0 Å². The van der Waals surface area contributed by atoms with E-state index in [0.717, 1.165) is 31.2 Å². The average Bonchev–Trinajstić information content (AvgIpc) is 2.40. The summed E-state index contributed by atoms with van der Waals surface area (Å²) in [4.78, 5) is 12.1. The third kappa shape index (κ3) is 3.48. The van der Waals surface area contributed by atoms with E-state index < -0.39 is 5.60 Å². The minimum Gasteiger partial charge on any atom is -0.388 e. The zero-order valence-corrected chi connectivity index (χ0v) is 12.0. The highest BCUT2D eigenvalue weighted by Gasteiger charge is 2.29. The Morgan fingerprint density at radius 3 is 2.74 bits per heavy atom. The van der Waals surface area contributed by atoms with E-state index in [1.54, 1.807) is 6.07 Å². The van der Waals surface area contributed by atoms with E-state index >= 15 is 0 Å². The largest absolute Gasteiger partial charge is 0.388 e. The van der Waals surface area contributed by atoms with Crippen molar-refractivity contribution in [3.05, 3.63) is 34.3 Å². The maximum Gasteiger partial charge on any atom is 0.252 e. The molecule has 0 atom stereocenters. The van der Waals surface area contributed by atoms with Gasteiger partial charge in [0.2, 0.25) is 0 Å². The fourth-order valence-corrected chi connectivity index (χ4v) is 2.76. The molecule has 1 saturated carbocycles. The molecule has 1 amide bonds. The number of aryl methyl sites for hydroxylation is 1. The van der Waals surface area contributed by atoms with Gasteiger partial charge in [-0.3, -0.25) is 4.79 Å². The highest BCUT2D eigenvalue weighted by molar-refractivity contribution is 6.34. The molecule has 104 valence electrons. The first-order valence-electron chi connectivity index (χ1n) is 6.77. The minimum absolute atomic E-state index is 0.215. The van der Waals surface area contributed by atoms with Crippen LogP contribution in [0.4, 0.5) is 0 Å². The summed E-state index contributed by atoms with van der Waals surface area (Å²) in [5, 5.41) is 13.6. The lowest BCUT2D eigenvalue weighted by molar-refractivity contribution is 0.00526. The molecule has 0 spiro atoms. The van der Waals surface area contributed by atoms with Crippen LogP contribution in [0, 0.1) is 6.92 Å². The van der Waals surface area contributed by atoms with Crippen molar-refractivity contribution < 1.29 is 9.90 Å². The molecule has 1 aromatic rings. The molecule has 2 N–H and O–H groups in total. The number of benzene rings is 1. The molecule has 19 heavy (non-hydrogen) atoms. The van der Waals surface area contributed by atoms with Crippen molar-refractivity contribution >= 4 is 17.5 Å². The molecule has 0 aromatic heterocycles. The molecule has 0 heterocycles. The predicted molar refractivity (Wildman–Crippen MR) is 76.6 cm³/mol. The molecule has 4 heteroatoms. The summed E-state index contributed by atoms with van der Waals surface area (Å²) in [6.07, 6.45) is 4.73. The lowest BCUT2D eigenvalue weighted by atomic mass is 9.85. The van der Waals surface area contributed by atoms with Crippen LogP contribution in [-0.4, -0.2) is 23.2 Å². The Morgan fingerprint density at radius 2 is 2.05 bits per heavy atom. The maximum absolute atomic E-state index is 12.1. The van der Waals surface area contributed by atoms with Crippen LogP contribution < -0.4 is 5.32 Å². The molecular formula is C15H20ClNO2. The lowest BCUT2D eigenvalue weighted by Crippen LogP contribution is -2.44. The molecule has 3 nitrogen and oxygen atoms in total. The van der Waals surface area contributed by atoms with E-state index in [2.05, 4.69) is 5.32 Å². The number of carbonyl (C=O) groups excluding carboxylic acids is 1. The summed E-state index contributed by atoms with van der Waals surface area (Å²) in [5.41, 5.74) is 0.608. The standard InChI is InChI=1S/C15H20ClNO2/c1-11-6-5-7-12(13(11)16)14(18)17-10-15(19)8-3-2-4-9-15/h5-7,19H,2-4,8-10H2,1H3,(H,17,18).